The fraction of sp³-hybridized carbons (Fsp3) is 0.360. The number of nitrogens with zero attached hydrogens (tertiary/aromatic N) is 2. The third-order valence-electron chi connectivity index (χ3n) is 5.56. The summed E-state index contributed by atoms with van der Waals surface area (Å²) in [6, 6.07) is 16.4. The van der Waals surface area contributed by atoms with Crippen molar-refractivity contribution in [3.63, 3.8) is 0 Å². The minimum atomic E-state index is -0.0669. The average Bonchev–Trinajstić information content (AvgIpc) is 2.84. The van der Waals surface area contributed by atoms with Gasteiger partial charge in [-0.15, -0.1) is 0 Å². The van der Waals surface area contributed by atoms with E-state index in [0.717, 1.165) is 52.9 Å². The lowest BCUT2D eigenvalue weighted by Gasteiger charge is -2.22. The fourth-order valence-corrected chi connectivity index (χ4v) is 4.59. The van der Waals surface area contributed by atoms with Gasteiger partial charge in [-0.3, -0.25) is 0 Å². The summed E-state index contributed by atoms with van der Waals surface area (Å²) in [5.41, 5.74) is 11.3. The van der Waals surface area contributed by atoms with Crippen LogP contribution in [0.5, 0.6) is 0 Å². The number of benzene rings is 2. The van der Waals surface area contributed by atoms with E-state index in [1.165, 1.54) is 23.7 Å². The van der Waals surface area contributed by atoms with Crippen LogP contribution in [0.15, 0.2) is 58.2 Å². The second kappa shape index (κ2) is 11.8. The van der Waals surface area contributed by atoms with E-state index in [0.29, 0.717) is 24.1 Å². The van der Waals surface area contributed by atoms with Crippen LogP contribution in [0.4, 0.5) is 11.5 Å². The maximum atomic E-state index is 6.39. The molecule has 6 nitrogen and oxygen atoms in total. The summed E-state index contributed by atoms with van der Waals surface area (Å²) >= 11 is 5.07. The number of thioether (sulfide) groups is 1. The van der Waals surface area contributed by atoms with Crippen LogP contribution in [0.3, 0.4) is 0 Å². The molecule has 0 amide bonds. The smallest absolute Gasteiger partial charge is 0.189 e. The number of hydrogen-bond acceptors (Lipinski definition) is 7. The van der Waals surface area contributed by atoms with Crippen molar-refractivity contribution in [3.8, 4) is 11.3 Å². The zero-order valence-corrected chi connectivity index (χ0v) is 21.1. The number of aromatic nitrogens is 2. The molecule has 1 atom stereocenters. The van der Waals surface area contributed by atoms with Gasteiger partial charge in [0.1, 0.15) is 5.82 Å². The summed E-state index contributed by atoms with van der Waals surface area (Å²) in [5, 5.41) is 4.12. The first-order chi connectivity index (χ1) is 16.1. The number of rotatable bonds is 9. The van der Waals surface area contributed by atoms with Crippen LogP contribution in [-0.4, -0.2) is 35.7 Å². The Labute approximate surface area is 207 Å². The first kappa shape index (κ1) is 24.0. The number of anilines is 2. The molecule has 1 aliphatic heterocycles. The minimum absolute atomic E-state index is 0.0669. The van der Waals surface area contributed by atoms with E-state index in [2.05, 4.69) is 50.5 Å². The third kappa shape index (κ3) is 6.47. The van der Waals surface area contributed by atoms with E-state index in [1.807, 2.05) is 30.5 Å². The van der Waals surface area contributed by atoms with Gasteiger partial charge in [-0.2, -0.15) is 0 Å². The van der Waals surface area contributed by atoms with Crippen LogP contribution in [0.2, 0.25) is 0 Å². The largest absolute Gasteiger partial charge is 0.383 e. The Morgan fingerprint density at radius 3 is 2.85 bits per heavy atom. The van der Waals surface area contributed by atoms with Crippen LogP contribution in [0, 0.1) is 0 Å². The van der Waals surface area contributed by atoms with Gasteiger partial charge in [0, 0.05) is 34.4 Å². The SMILES string of the molecule is CSc1nc(N)c(CNc2ccccc2Br)c(-c2cccc(CCOC3CCCCO3)c2)n1. The van der Waals surface area contributed by atoms with E-state index in [-0.39, 0.29) is 6.29 Å². The predicted molar refractivity (Wildman–Crippen MR) is 138 cm³/mol. The van der Waals surface area contributed by atoms with Crippen LogP contribution >= 0.6 is 27.7 Å². The van der Waals surface area contributed by atoms with Crippen LogP contribution < -0.4 is 11.1 Å². The highest BCUT2D eigenvalue weighted by Gasteiger charge is 2.16. The summed E-state index contributed by atoms with van der Waals surface area (Å²) in [4.78, 5) is 9.30. The summed E-state index contributed by atoms with van der Waals surface area (Å²) in [6.07, 6.45) is 5.98. The Morgan fingerprint density at radius 1 is 1.18 bits per heavy atom. The van der Waals surface area contributed by atoms with Crippen molar-refractivity contribution >= 4 is 39.2 Å². The highest BCUT2D eigenvalue weighted by molar-refractivity contribution is 9.10. The molecule has 4 rings (SSSR count). The molecule has 2 aromatic carbocycles. The molecule has 3 aromatic rings. The van der Waals surface area contributed by atoms with Crippen molar-refractivity contribution in [3.05, 3.63) is 64.1 Å². The minimum Gasteiger partial charge on any atom is -0.383 e. The zero-order valence-electron chi connectivity index (χ0n) is 18.7. The fourth-order valence-electron chi connectivity index (χ4n) is 3.80. The van der Waals surface area contributed by atoms with Gasteiger partial charge in [0.05, 0.1) is 12.3 Å². The molecule has 0 radical (unpaired) electrons. The Kier molecular flexibility index (Phi) is 8.61. The van der Waals surface area contributed by atoms with Gasteiger partial charge in [0.2, 0.25) is 0 Å². The quantitative estimate of drug-likeness (QED) is 0.264. The summed E-state index contributed by atoms with van der Waals surface area (Å²) < 4.78 is 12.6. The maximum Gasteiger partial charge on any atom is 0.189 e. The molecule has 0 bridgehead atoms. The number of para-hydroxylation sites is 1. The molecule has 1 aromatic heterocycles. The number of nitrogens with two attached hydrogens (primary N) is 1. The van der Waals surface area contributed by atoms with E-state index in [1.54, 1.807) is 0 Å². The number of hydrogen-bond donors (Lipinski definition) is 2. The molecule has 1 fully saturated rings. The standard InChI is InChI=1S/C25H29BrN4O2S/c1-33-25-29-23(19(24(27)30-25)16-28-21-10-3-2-9-20(21)26)18-8-6-7-17(15-18)12-14-32-22-11-4-5-13-31-22/h2-3,6-10,15,22,28H,4-5,11-14,16H2,1H3,(H2,27,29,30). The molecule has 0 spiro atoms. The number of ether oxygens (including phenoxy) is 2. The Morgan fingerprint density at radius 2 is 2.06 bits per heavy atom. The predicted octanol–water partition coefficient (Wildman–Crippen LogP) is 5.91. The van der Waals surface area contributed by atoms with Gasteiger partial charge in [-0.25, -0.2) is 9.97 Å². The van der Waals surface area contributed by atoms with Crippen molar-refractivity contribution in [2.75, 3.05) is 30.5 Å². The van der Waals surface area contributed by atoms with Gasteiger partial charge in [-0.05, 0) is 71.6 Å². The first-order valence-corrected chi connectivity index (χ1v) is 13.2. The molecule has 174 valence electrons. The zero-order chi connectivity index (χ0) is 23.0. The molecular weight excluding hydrogens is 500 g/mol. The lowest BCUT2D eigenvalue weighted by molar-refractivity contribution is -0.161. The molecule has 1 saturated heterocycles. The van der Waals surface area contributed by atoms with E-state index < -0.39 is 0 Å². The Balaban J connectivity index is 1.53. The Bertz CT molecular complexity index is 1080. The second-order valence-corrected chi connectivity index (χ2v) is 9.50. The third-order valence-corrected chi connectivity index (χ3v) is 6.80. The molecule has 2 heterocycles. The van der Waals surface area contributed by atoms with Crippen LogP contribution in [0.1, 0.15) is 30.4 Å². The van der Waals surface area contributed by atoms with Crippen molar-refractivity contribution in [1.29, 1.82) is 0 Å². The van der Waals surface area contributed by atoms with Gasteiger partial charge < -0.3 is 20.5 Å². The highest BCUT2D eigenvalue weighted by atomic mass is 79.9. The molecule has 1 unspecified atom stereocenters. The van der Waals surface area contributed by atoms with Crippen LogP contribution in [0.25, 0.3) is 11.3 Å². The van der Waals surface area contributed by atoms with Gasteiger partial charge in [0.25, 0.3) is 0 Å². The van der Waals surface area contributed by atoms with Gasteiger partial charge in [-0.1, -0.05) is 42.1 Å². The van der Waals surface area contributed by atoms with Crippen molar-refractivity contribution in [2.24, 2.45) is 0 Å². The number of nitrogen functional groups attached to an aromatic ring is 1. The van der Waals surface area contributed by atoms with E-state index in [4.69, 9.17) is 20.2 Å². The molecular formula is C25H29BrN4O2S. The molecule has 33 heavy (non-hydrogen) atoms. The van der Waals surface area contributed by atoms with Crippen molar-refractivity contribution < 1.29 is 9.47 Å². The van der Waals surface area contributed by atoms with Crippen molar-refractivity contribution in [1.82, 2.24) is 9.97 Å². The number of nitrogens with one attached hydrogen (secondary N) is 1. The average molecular weight is 530 g/mol. The first-order valence-electron chi connectivity index (χ1n) is 11.2. The second-order valence-electron chi connectivity index (χ2n) is 7.87. The lowest BCUT2D eigenvalue weighted by Crippen LogP contribution is -2.23. The summed E-state index contributed by atoms with van der Waals surface area (Å²) in [5.74, 6) is 0.493. The molecule has 0 saturated carbocycles. The highest BCUT2D eigenvalue weighted by Crippen LogP contribution is 2.30. The van der Waals surface area contributed by atoms with Gasteiger partial charge >= 0.3 is 0 Å². The van der Waals surface area contributed by atoms with Crippen molar-refractivity contribution in [2.45, 2.75) is 43.7 Å². The number of halogens is 1. The van der Waals surface area contributed by atoms with E-state index >= 15 is 0 Å². The van der Waals surface area contributed by atoms with Crippen LogP contribution in [-0.2, 0) is 22.4 Å². The molecule has 8 heteroatoms. The molecule has 3 N–H and O–H groups in total. The van der Waals surface area contributed by atoms with Gasteiger partial charge in [0.15, 0.2) is 11.4 Å². The molecule has 0 aliphatic carbocycles. The maximum absolute atomic E-state index is 6.39. The normalized spacial score (nSPS) is 16.0. The molecule has 1 aliphatic rings. The summed E-state index contributed by atoms with van der Waals surface area (Å²) in [6.45, 7) is 1.95. The lowest BCUT2D eigenvalue weighted by atomic mass is 10.0. The topological polar surface area (TPSA) is 82.3 Å². The van der Waals surface area contributed by atoms with E-state index in [9.17, 15) is 0 Å². The summed E-state index contributed by atoms with van der Waals surface area (Å²) in [7, 11) is 0. The monoisotopic (exact) mass is 528 g/mol. The Hall–Kier alpha value is -2.13.